The van der Waals surface area contributed by atoms with E-state index in [0.717, 1.165) is 29.7 Å². The number of fused-ring (bicyclic) bond motifs is 1. The number of hydrogen-bond donors (Lipinski definition) is 1. The van der Waals surface area contributed by atoms with Gasteiger partial charge in [0.25, 0.3) is 5.91 Å². The Kier molecular flexibility index (Phi) is 7.80. The summed E-state index contributed by atoms with van der Waals surface area (Å²) in [6.07, 6.45) is 2.55. The number of anilines is 1. The van der Waals surface area contributed by atoms with Crippen LogP contribution in [0.5, 0.6) is 5.75 Å². The zero-order chi connectivity index (χ0) is 25.2. The molecule has 190 valence electrons. The summed E-state index contributed by atoms with van der Waals surface area (Å²) >= 11 is 1.39. The third-order valence-electron chi connectivity index (χ3n) is 6.23. The Morgan fingerprint density at radius 3 is 2.69 bits per heavy atom. The number of carbonyl (C=O) groups is 2. The highest BCUT2D eigenvalue weighted by atomic mass is 32.2. The van der Waals surface area contributed by atoms with Gasteiger partial charge in [0.15, 0.2) is 0 Å². The smallest absolute Gasteiger partial charge is 0.341 e. The molecule has 35 heavy (non-hydrogen) atoms. The minimum absolute atomic E-state index is 0.0838. The quantitative estimate of drug-likeness (QED) is 0.555. The summed E-state index contributed by atoms with van der Waals surface area (Å²) in [5.41, 5.74) is 1.49. The van der Waals surface area contributed by atoms with Gasteiger partial charge in [-0.2, -0.15) is 4.31 Å². The molecule has 0 unspecified atom stereocenters. The van der Waals surface area contributed by atoms with Crippen LogP contribution in [0.15, 0.2) is 23.1 Å². The summed E-state index contributed by atoms with van der Waals surface area (Å²) in [7, 11) is -2.51. The Labute approximate surface area is 209 Å². The van der Waals surface area contributed by atoms with Crippen molar-refractivity contribution in [1.29, 1.82) is 0 Å². The van der Waals surface area contributed by atoms with E-state index in [-0.39, 0.29) is 35.9 Å². The minimum Gasteiger partial charge on any atom is -0.495 e. The number of nitrogens with one attached hydrogen (secondary N) is 1. The highest BCUT2D eigenvalue weighted by Crippen LogP contribution is 2.40. The standard InChI is InChI=1S/C24H30N2O7S2/c1-4-33-24(28)21-17-7-5-15(2)13-19(17)34-23(21)25-22(27)16-6-8-18(31-3)20(14-16)35(29,30)26-9-11-32-12-10-26/h6,8,14-15H,4-5,7,9-13H2,1-3H3,(H,25,27)/t15-/m1/s1. The van der Waals surface area contributed by atoms with Crippen LogP contribution in [0.2, 0.25) is 0 Å². The van der Waals surface area contributed by atoms with Crippen molar-refractivity contribution in [2.24, 2.45) is 5.92 Å². The normalized spacial score (nSPS) is 18.5. The molecule has 9 nitrogen and oxygen atoms in total. The maximum absolute atomic E-state index is 13.3. The molecule has 0 spiro atoms. The summed E-state index contributed by atoms with van der Waals surface area (Å²) in [6, 6.07) is 4.29. The zero-order valence-corrected chi connectivity index (χ0v) is 21.7. The molecule has 1 saturated heterocycles. The lowest BCUT2D eigenvalue weighted by atomic mass is 9.88. The second-order valence-electron chi connectivity index (χ2n) is 8.61. The Morgan fingerprint density at radius 1 is 1.26 bits per heavy atom. The van der Waals surface area contributed by atoms with Gasteiger partial charge in [-0.25, -0.2) is 13.2 Å². The van der Waals surface area contributed by atoms with Crippen molar-refractivity contribution >= 4 is 38.2 Å². The Bertz CT molecular complexity index is 1220. The summed E-state index contributed by atoms with van der Waals surface area (Å²) in [6.45, 7) is 5.20. The number of carbonyl (C=O) groups excluding carboxylic acids is 2. The van der Waals surface area contributed by atoms with Gasteiger partial charge in [-0.15, -0.1) is 11.3 Å². The SMILES string of the molecule is CCOC(=O)c1c(NC(=O)c2ccc(OC)c(S(=O)(=O)N3CCOCC3)c2)sc2c1CC[C@@H](C)C2. The van der Waals surface area contributed by atoms with E-state index in [2.05, 4.69) is 12.2 Å². The average molecular weight is 523 g/mol. The van der Waals surface area contributed by atoms with Crippen molar-refractivity contribution in [2.45, 2.75) is 38.0 Å². The van der Waals surface area contributed by atoms with Gasteiger partial charge in [0, 0.05) is 23.5 Å². The summed E-state index contributed by atoms with van der Waals surface area (Å²) < 4.78 is 43.7. The predicted molar refractivity (Wildman–Crippen MR) is 132 cm³/mol. The van der Waals surface area contributed by atoms with Gasteiger partial charge in [0.05, 0.1) is 32.5 Å². The van der Waals surface area contributed by atoms with E-state index in [9.17, 15) is 18.0 Å². The molecule has 1 atom stereocenters. The first kappa shape index (κ1) is 25.6. The van der Waals surface area contributed by atoms with Crippen LogP contribution in [-0.4, -0.2) is 64.6 Å². The topological polar surface area (TPSA) is 111 Å². The van der Waals surface area contributed by atoms with Gasteiger partial charge < -0.3 is 19.5 Å². The third-order valence-corrected chi connectivity index (χ3v) is 9.32. The van der Waals surface area contributed by atoms with Crippen LogP contribution in [0.25, 0.3) is 0 Å². The number of sulfonamides is 1. The third kappa shape index (κ3) is 5.23. The van der Waals surface area contributed by atoms with Crippen molar-refractivity contribution in [1.82, 2.24) is 4.31 Å². The second-order valence-corrected chi connectivity index (χ2v) is 11.6. The Hall–Kier alpha value is -2.47. The Balaban J connectivity index is 1.67. The molecule has 4 rings (SSSR count). The van der Waals surface area contributed by atoms with E-state index in [1.807, 2.05) is 0 Å². The highest BCUT2D eigenvalue weighted by Gasteiger charge is 2.32. The predicted octanol–water partition coefficient (Wildman–Crippen LogP) is 3.33. The molecule has 1 aromatic carbocycles. The lowest BCUT2D eigenvalue weighted by Crippen LogP contribution is -2.40. The number of nitrogens with zero attached hydrogens (tertiary/aromatic N) is 1. The molecule has 2 aliphatic rings. The van der Waals surface area contributed by atoms with Gasteiger partial charge in [-0.05, 0) is 55.9 Å². The second kappa shape index (κ2) is 10.7. The van der Waals surface area contributed by atoms with Crippen molar-refractivity contribution in [3.63, 3.8) is 0 Å². The first-order chi connectivity index (χ1) is 16.8. The van der Waals surface area contributed by atoms with Gasteiger partial charge >= 0.3 is 5.97 Å². The van der Waals surface area contributed by atoms with Crippen molar-refractivity contribution in [2.75, 3.05) is 45.3 Å². The van der Waals surface area contributed by atoms with E-state index < -0.39 is 21.9 Å². The first-order valence-electron chi connectivity index (χ1n) is 11.6. The first-order valence-corrected chi connectivity index (χ1v) is 13.9. The maximum Gasteiger partial charge on any atom is 0.341 e. The number of thiophene rings is 1. The van der Waals surface area contributed by atoms with E-state index in [0.29, 0.717) is 29.7 Å². The molecular weight excluding hydrogens is 492 g/mol. The molecule has 11 heteroatoms. The van der Waals surface area contributed by atoms with Crippen molar-refractivity contribution in [3.05, 3.63) is 39.8 Å². The fraction of sp³-hybridized carbons (Fsp3) is 0.500. The largest absolute Gasteiger partial charge is 0.495 e. The van der Waals surface area contributed by atoms with E-state index in [4.69, 9.17) is 14.2 Å². The zero-order valence-electron chi connectivity index (χ0n) is 20.1. The molecular formula is C24H30N2O7S2. The number of hydrogen-bond acceptors (Lipinski definition) is 8. The minimum atomic E-state index is -3.89. The van der Waals surface area contributed by atoms with Crippen LogP contribution in [-0.2, 0) is 32.3 Å². The van der Waals surface area contributed by atoms with E-state index in [1.54, 1.807) is 6.92 Å². The molecule has 1 aliphatic carbocycles. The molecule has 1 N–H and O–H groups in total. The molecule has 0 bridgehead atoms. The van der Waals surface area contributed by atoms with Crippen LogP contribution in [0.3, 0.4) is 0 Å². The van der Waals surface area contributed by atoms with E-state index >= 15 is 0 Å². The fourth-order valence-corrected chi connectivity index (χ4v) is 7.36. The van der Waals surface area contributed by atoms with Crippen molar-refractivity contribution < 1.29 is 32.2 Å². The van der Waals surface area contributed by atoms with Gasteiger partial charge in [-0.3, -0.25) is 4.79 Å². The van der Waals surface area contributed by atoms with Crippen LogP contribution >= 0.6 is 11.3 Å². The van der Waals surface area contributed by atoms with Crippen LogP contribution in [0, 0.1) is 5.92 Å². The van der Waals surface area contributed by atoms with Crippen molar-refractivity contribution in [3.8, 4) is 5.75 Å². The van der Waals surface area contributed by atoms with Crippen LogP contribution in [0.4, 0.5) is 5.00 Å². The molecule has 2 heterocycles. The number of esters is 1. The molecule has 1 aromatic heterocycles. The molecule has 1 aliphatic heterocycles. The maximum atomic E-state index is 13.3. The van der Waals surface area contributed by atoms with E-state index in [1.165, 1.54) is 41.0 Å². The number of amides is 1. The van der Waals surface area contributed by atoms with Crippen LogP contribution < -0.4 is 10.1 Å². The molecule has 0 saturated carbocycles. The number of morpholine rings is 1. The highest BCUT2D eigenvalue weighted by molar-refractivity contribution is 7.89. The lowest BCUT2D eigenvalue weighted by molar-refractivity contribution is 0.0526. The molecule has 1 fully saturated rings. The Morgan fingerprint density at radius 2 is 2.00 bits per heavy atom. The number of methoxy groups -OCH3 is 1. The average Bonchev–Trinajstić information content (AvgIpc) is 3.21. The summed E-state index contributed by atoms with van der Waals surface area (Å²) in [4.78, 5) is 27.0. The van der Waals surface area contributed by atoms with Crippen LogP contribution in [0.1, 0.15) is 51.4 Å². The van der Waals surface area contributed by atoms with Gasteiger partial charge in [0.2, 0.25) is 10.0 Å². The lowest BCUT2D eigenvalue weighted by Gasteiger charge is -2.26. The summed E-state index contributed by atoms with van der Waals surface area (Å²) in [5, 5.41) is 3.27. The molecule has 0 radical (unpaired) electrons. The molecule has 1 amide bonds. The number of rotatable bonds is 7. The number of benzene rings is 1. The summed E-state index contributed by atoms with van der Waals surface area (Å²) in [5.74, 6) is -0.321. The number of ether oxygens (including phenoxy) is 3. The molecule has 2 aromatic rings. The fourth-order valence-electron chi connectivity index (χ4n) is 4.38. The van der Waals surface area contributed by atoms with Gasteiger partial charge in [-0.1, -0.05) is 6.92 Å². The monoisotopic (exact) mass is 522 g/mol. The van der Waals surface area contributed by atoms with Gasteiger partial charge in [0.1, 0.15) is 15.6 Å².